The zero-order chi connectivity index (χ0) is 20.5. The lowest BCUT2D eigenvalue weighted by Crippen LogP contribution is -2.12. The topological polar surface area (TPSA) is 104 Å². The molecule has 3 heterocycles. The quantitative estimate of drug-likeness (QED) is 0.398. The molecule has 0 bridgehead atoms. The van der Waals surface area contributed by atoms with Gasteiger partial charge in [-0.05, 0) is 42.3 Å². The number of fused-ring (bicyclic) bond motifs is 1. The number of hydrogen-bond acceptors (Lipinski definition) is 7. The van der Waals surface area contributed by atoms with E-state index in [1.54, 1.807) is 25.1 Å². The van der Waals surface area contributed by atoms with E-state index in [-0.39, 0.29) is 29.0 Å². The predicted molar refractivity (Wildman–Crippen MR) is 106 cm³/mol. The van der Waals surface area contributed by atoms with Crippen molar-refractivity contribution in [3.8, 4) is 11.8 Å². The first kappa shape index (κ1) is 18.8. The highest BCUT2D eigenvalue weighted by Gasteiger charge is 2.16. The lowest BCUT2D eigenvalue weighted by atomic mass is 10.00. The summed E-state index contributed by atoms with van der Waals surface area (Å²) in [6.07, 6.45) is 2.90. The smallest absolute Gasteiger partial charge is 0.340 e. The Morgan fingerprint density at radius 3 is 2.79 bits per heavy atom. The Bertz CT molecular complexity index is 1290. The Labute approximate surface area is 169 Å². The molecule has 0 aliphatic carbocycles. The number of benzene rings is 1. The van der Waals surface area contributed by atoms with Crippen LogP contribution in [0.2, 0.25) is 5.15 Å². The number of pyridine rings is 1. The molecule has 4 aromatic rings. The molecular formula is C20H14ClFN4O3. The summed E-state index contributed by atoms with van der Waals surface area (Å²) in [6, 6.07) is 8.07. The fraction of sp³-hybridized carbons (Fsp3) is 0.100. The van der Waals surface area contributed by atoms with Crippen molar-refractivity contribution in [3.05, 3.63) is 80.8 Å². The molecule has 0 atom stereocenters. The lowest BCUT2D eigenvalue weighted by molar-refractivity contribution is 0.440. The summed E-state index contributed by atoms with van der Waals surface area (Å²) < 4.78 is 25.2. The Morgan fingerprint density at radius 2 is 2.00 bits per heavy atom. The van der Waals surface area contributed by atoms with Crippen LogP contribution >= 0.6 is 11.6 Å². The van der Waals surface area contributed by atoms with E-state index in [2.05, 4.69) is 15.0 Å². The van der Waals surface area contributed by atoms with Gasteiger partial charge in [-0.25, -0.2) is 19.2 Å². The Hall–Kier alpha value is -3.52. The minimum Gasteiger partial charge on any atom is -0.424 e. The highest BCUT2D eigenvalue weighted by Crippen LogP contribution is 2.27. The summed E-state index contributed by atoms with van der Waals surface area (Å²) in [7, 11) is 0. The maximum absolute atomic E-state index is 14.2. The molecule has 9 heteroatoms. The molecule has 0 amide bonds. The second kappa shape index (κ2) is 7.48. The number of hydrogen-bond donors (Lipinski definition) is 1. The first-order valence-electron chi connectivity index (χ1n) is 8.54. The second-order valence-electron chi connectivity index (χ2n) is 6.26. The zero-order valence-corrected chi connectivity index (χ0v) is 15.9. The van der Waals surface area contributed by atoms with Crippen molar-refractivity contribution < 1.29 is 13.5 Å². The van der Waals surface area contributed by atoms with Crippen LogP contribution in [0.3, 0.4) is 0 Å². The molecule has 146 valence electrons. The number of nitrogens with zero attached hydrogens (tertiary/aromatic N) is 3. The molecule has 0 unspecified atom stereocenters. The van der Waals surface area contributed by atoms with Gasteiger partial charge in [0.25, 0.3) is 0 Å². The number of anilines is 1. The molecule has 0 spiro atoms. The summed E-state index contributed by atoms with van der Waals surface area (Å²) in [5.41, 5.74) is 6.55. The Morgan fingerprint density at radius 1 is 1.21 bits per heavy atom. The van der Waals surface area contributed by atoms with Crippen molar-refractivity contribution >= 4 is 28.4 Å². The van der Waals surface area contributed by atoms with E-state index in [1.165, 1.54) is 24.5 Å². The van der Waals surface area contributed by atoms with Gasteiger partial charge in [0.05, 0.1) is 0 Å². The van der Waals surface area contributed by atoms with Crippen LogP contribution in [0.5, 0.6) is 11.8 Å². The number of aromatic nitrogens is 3. The van der Waals surface area contributed by atoms with E-state index in [0.717, 1.165) is 0 Å². The van der Waals surface area contributed by atoms with Crippen LogP contribution in [0.25, 0.3) is 11.0 Å². The van der Waals surface area contributed by atoms with Crippen LogP contribution in [0.15, 0.2) is 51.9 Å². The minimum absolute atomic E-state index is 0.0390. The largest absolute Gasteiger partial charge is 0.424 e. The van der Waals surface area contributed by atoms with Gasteiger partial charge in [0.1, 0.15) is 16.5 Å². The maximum Gasteiger partial charge on any atom is 0.340 e. The third kappa shape index (κ3) is 3.74. The van der Waals surface area contributed by atoms with Crippen molar-refractivity contribution in [2.75, 3.05) is 5.73 Å². The van der Waals surface area contributed by atoms with Crippen LogP contribution in [-0.2, 0) is 6.42 Å². The SMILES string of the molecule is Cc1c(Cc2ccnc(N)c2F)c(=O)oc2cc(Oc3nccc(Cl)n3)ccc12. The summed E-state index contributed by atoms with van der Waals surface area (Å²) in [5.74, 6) is -0.477. The van der Waals surface area contributed by atoms with E-state index in [4.69, 9.17) is 26.5 Å². The van der Waals surface area contributed by atoms with Crippen LogP contribution in [-0.4, -0.2) is 15.0 Å². The normalized spacial score (nSPS) is 11.0. The van der Waals surface area contributed by atoms with Crippen LogP contribution in [0.4, 0.5) is 10.2 Å². The molecule has 1 aromatic carbocycles. The molecule has 3 aromatic heterocycles. The molecule has 0 saturated heterocycles. The number of nitrogens with two attached hydrogens (primary N) is 1. The highest BCUT2D eigenvalue weighted by atomic mass is 35.5. The molecule has 0 saturated carbocycles. The van der Waals surface area contributed by atoms with Crippen molar-refractivity contribution in [2.24, 2.45) is 0 Å². The maximum atomic E-state index is 14.2. The van der Waals surface area contributed by atoms with Gasteiger partial charge >= 0.3 is 11.6 Å². The minimum atomic E-state index is -0.642. The monoisotopic (exact) mass is 412 g/mol. The Kier molecular flexibility index (Phi) is 4.85. The van der Waals surface area contributed by atoms with E-state index >= 15 is 0 Å². The first-order valence-corrected chi connectivity index (χ1v) is 8.92. The molecule has 4 rings (SSSR count). The van der Waals surface area contributed by atoms with Gasteiger partial charge in [-0.1, -0.05) is 11.6 Å². The number of halogens is 2. The standard InChI is InChI=1S/C20H14ClFN4O3/c1-10-13-3-2-12(28-20-25-7-5-16(21)26-20)9-15(13)29-19(27)14(10)8-11-4-6-24-18(23)17(11)22/h2-7,9H,8H2,1H3,(H2,23,24). The van der Waals surface area contributed by atoms with Crippen LogP contribution < -0.4 is 16.1 Å². The van der Waals surface area contributed by atoms with E-state index in [0.29, 0.717) is 27.8 Å². The third-order valence-corrected chi connectivity index (χ3v) is 4.64. The number of ether oxygens (including phenoxy) is 1. The summed E-state index contributed by atoms with van der Waals surface area (Å²) in [6.45, 7) is 1.78. The molecular weight excluding hydrogens is 399 g/mol. The lowest BCUT2D eigenvalue weighted by Gasteiger charge is -2.10. The molecule has 0 fully saturated rings. The second-order valence-corrected chi connectivity index (χ2v) is 6.65. The number of aryl methyl sites for hydroxylation is 1. The molecule has 0 aliphatic heterocycles. The molecule has 2 N–H and O–H groups in total. The van der Waals surface area contributed by atoms with Crippen molar-refractivity contribution in [1.29, 1.82) is 0 Å². The summed E-state index contributed by atoms with van der Waals surface area (Å²) in [5, 5.41) is 0.938. The zero-order valence-electron chi connectivity index (χ0n) is 15.1. The van der Waals surface area contributed by atoms with Gasteiger partial charge < -0.3 is 14.9 Å². The summed E-state index contributed by atoms with van der Waals surface area (Å²) in [4.78, 5) is 24.2. The van der Waals surface area contributed by atoms with Gasteiger partial charge in [-0.3, -0.25) is 0 Å². The molecule has 29 heavy (non-hydrogen) atoms. The predicted octanol–water partition coefficient (Wildman–Crippen LogP) is 4.04. The van der Waals surface area contributed by atoms with Crippen molar-refractivity contribution in [2.45, 2.75) is 13.3 Å². The van der Waals surface area contributed by atoms with Gasteiger partial charge in [0, 0.05) is 35.8 Å². The van der Waals surface area contributed by atoms with Crippen LogP contribution in [0.1, 0.15) is 16.7 Å². The van der Waals surface area contributed by atoms with Gasteiger partial charge in [0.15, 0.2) is 11.6 Å². The van der Waals surface area contributed by atoms with Crippen molar-refractivity contribution in [1.82, 2.24) is 15.0 Å². The average molecular weight is 413 g/mol. The molecule has 0 aliphatic rings. The van der Waals surface area contributed by atoms with Crippen LogP contribution in [0, 0.1) is 12.7 Å². The third-order valence-electron chi connectivity index (χ3n) is 4.43. The van der Waals surface area contributed by atoms with E-state index < -0.39 is 11.4 Å². The van der Waals surface area contributed by atoms with E-state index in [1.807, 2.05) is 0 Å². The first-order chi connectivity index (χ1) is 13.9. The Balaban J connectivity index is 1.72. The molecule has 0 radical (unpaired) electrons. The van der Waals surface area contributed by atoms with Gasteiger partial charge in [-0.15, -0.1) is 0 Å². The highest BCUT2D eigenvalue weighted by molar-refractivity contribution is 6.29. The summed E-state index contributed by atoms with van der Waals surface area (Å²) >= 11 is 5.82. The van der Waals surface area contributed by atoms with E-state index in [9.17, 15) is 9.18 Å². The van der Waals surface area contributed by atoms with Gasteiger partial charge in [-0.2, -0.15) is 4.98 Å². The van der Waals surface area contributed by atoms with Gasteiger partial charge in [0.2, 0.25) is 0 Å². The molecule has 7 nitrogen and oxygen atoms in total. The number of nitrogen functional groups attached to an aromatic ring is 1. The average Bonchev–Trinajstić information content (AvgIpc) is 2.68. The fourth-order valence-electron chi connectivity index (χ4n) is 2.95. The van der Waals surface area contributed by atoms with Crippen molar-refractivity contribution in [3.63, 3.8) is 0 Å². The number of rotatable bonds is 4. The fourth-order valence-corrected chi connectivity index (χ4v) is 3.07.